The van der Waals surface area contributed by atoms with E-state index in [1.807, 2.05) is 13.0 Å². The number of aryl methyl sites for hydroxylation is 1. The van der Waals surface area contributed by atoms with Crippen LogP contribution in [-0.4, -0.2) is 46.0 Å². The lowest BCUT2D eigenvalue weighted by Crippen LogP contribution is -2.47. The second-order valence-corrected chi connectivity index (χ2v) is 13.5. The van der Waals surface area contributed by atoms with Crippen molar-refractivity contribution in [3.05, 3.63) is 77.1 Å². The fraction of sp³-hybridized carbons (Fsp3) is 0.559. The van der Waals surface area contributed by atoms with Crippen molar-refractivity contribution in [1.82, 2.24) is 0 Å². The Morgan fingerprint density at radius 3 is 2.48 bits per heavy atom. The summed E-state index contributed by atoms with van der Waals surface area (Å²) in [7, 11) is -2.25. The first-order chi connectivity index (χ1) is 19.9. The zero-order chi connectivity index (χ0) is 30.9. The Hall–Kier alpha value is -2.84. The fourth-order valence-electron chi connectivity index (χ4n) is 5.78. The van der Waals surface area contributed by atoms with Gasteiger partial charge in [0.2, 0.25) is 0 Å². The van der Waals surface area contributed by atoms with E-state index in [2.05, 4.69) is 51.4 Å². The third-order valence-electron chi connectivity index (χ3n) is 8.44. The van der Waals surface area contributed by atoms with E-state index >= 15 is 0 Å². The van der Waals surface area contributed by atoms with Gasteiger partial charge in [0.1, 0.15) is 11.9 Å². The van der Waals surface area contributed by atoms with Crippen LogP contribution in [0.15, 0.2) is 81.4 Å². The van der Waals surface area contributed by atoms with Gasteiger partial charge in [-0.05, 0) is 95.1 Å². The Bertz CT molecular complexity index is 1310. The minimum atomic E-state index is -3.84. The van der Waals surface area contributed by atoms with E-state index in [0.717, 1.165) is 55.2 Å². The molecule has 7 nitrogen and oxygen atoms in total. The normalized spacial score (nSPS) is 24.9. The van der Waals surface area contributed by atoms with E-state index < -0.39 is 21.6 Å². The molecule has 0 spiro atoms. The Balaban J connectivity index is 1.73. The second kappa shape index (κ2) is 15.1. The average molecular weight is 600 g/mol. The molecular formula is C34H49NO6S. The quantitative estimate of drug-likeness (QED) is 0.0812. The van der Waals surface area contributed by atoms with Gasteiger partial charge in [-0.2, -0.15) is 8.42 Å². The number of aliphatic hydroxyl groups excluding tert-OH is 1. The van der Waals surface area contributed by atoms with Gasteiger partial charge in [0.25, 0.3) is 10.1 Å². The molecule has 42 heavy (non-hydrogen) atoms. The number of nitrogens with zero attached hydrogens (tertiary/aromatic N) is 1. The molecule has 1 aromatic carbocycles. The molecule has 0 bridgehead atoms. The van der Waals surface area contributed by atoms with Crippen molar-refractivity contribution in [2.45, 2.75) is 90.6 Å². The standard InChI is InChI=1S/C34H49NO6S/c1-8-9-10-12-27-22-31(36)34(6,30-21-26(5)15-18-29(30)24(2)3)32(23-27)41-33(35-7)39-19-11-20-40-42(37,38)28-16-13-25(4)14-17-28/h13-14,16-17,21-23,29-30,32,36H,2,8-12,15,18-20H2,1,3-7H3/t29-,30+,32?,34?/m0/s1. The fourth-order valence-corrected chi connectivity index (χ4v) is 6.72. The predicted molar refractivity (Wildman–Crippen MR) is 169 cm³/mol. The van der Waals surface area contributed by atoms with Crippen LogP contribution >= 0.6 is 0 Å². The van der Waals surface area contributed by atoms with Crippen LogP contribution in [0, 0.1) is 24.2 Å². The zero-order valence-corrected chi connectivity index (χ0v) is 27.0. The van der Waals surface area contributed by atoms with E-state index in [1.165, 1.54) is 17.7 Å². The smallest absolute Gasteiger partial charge is 0.383 e. The largest absolute Gasteiger partial charge is 0.512 e. The van der Waals surface area contributed by atoms with Gasteiger partial charge in [-0.3, -0.25) is 4.18 Å². The van der Waals surface area contributed by atoms with E-state index in [1.54, 1.807) is 19.2 Å². The molecule has 0 heterocycles. The number of unbranched alkanes of at least 4 members (excludes halogenated alkanes) is 2. The molecule has 8 heteroatoms. The monoisotopic (exact) mass is 599 g/mol. The van der Waals surface area contributed by atoms with Crippen molar-refractivity contribution in [2.75, 3.05) is 20.3 Å². The summed E-state index contributed by atoms with van der Waals surface area (Å²) in [6.45, 7) is 14.7. The van der Waals surface area contributed by atoms with Crippen LogP contribution in [0.1, 0.15) is 78.2 Å². The number of benzene rings is 1. The van der Waals surface area contributed by atoms with Crippen LogP contribution < -0.4 is 0 Å². The van der Waals surface area contributed by atoms with Gasteiger partial charge in [-0.1, -0.05) is 61.3 Å². The first-order valence-corrected chi connectivity index (χ1v) is 16.5. The minimum Gasteiger partial charge on any atom is -0.512 e. The second-order valence-electron chi connectivity index (χ2n) is 11.9. The van der Waals surface area contributed by atoms with Crippen molar-refractivity contribution in [2.24, 2.45) is 22.2 Å². The maximum absolute atomic E-state index is 12.5. The van der Waals surface area contributed by atoms with Crippen LogP contribution in [0.5, 0.6) is 0 Å². The highest BCUT2D eigenvalue weighted by atomic mass is 32.2. The lowest BCUT2D eigenvalue weighted by Gasteiger charge is -2.47. The summed E-state index contributed by atoms with van der Waals surface area (Å²) in [5, 5.41) is 11.6. The molecule has 2 unspecified atom stereocenters. The molecule has 1 N–H and O–H groups in total. The maximum Gasteiger partial charge on any atom is 0.383 e. The zero-order valence-electron chi connectivity index (χ0n) is 26.2. The number of hydrogen-bond donors (Lipinski definition) is 1. The number of allylic oxidation sites excluding steroid dienone is 5. The van der Waals surface area contributed by atoms with Crippen LogP contribution in [0.4, 0.5) is 0 Å². The third kappa shape index (κ3) is 8.38. The molecule has 0 amide bonds. The van der Waals surface area contributed by atoms with Crippen molar-refractivity contribution in [3.8, 4) is 0 Å². The Labute approximate surface area is 253 Å². The summed E-state index contributed by atoms with van der Waals surface area (Å²) in [6, 6.07) is 6.54. The third-order valence-corrected chi connectivity index (χ3v) is 9.77. The maximum atomic E-state index is 12.5. The van der Waals surface area contributed by atoms with Crippen LogP contribution in [0.3, 0.4) is 0 Å². The van der Waals surface area contributed by atoms with Gasteiger partial charge >= 0.3 is 6.08 Å². The first-order valence-electron chi connectivity index (χ1n) is 15.1. The van der Waals surface area contributed by atoms with Crippen LogP contribution in [0.25, 0.3) is 0 Å². The highest BCUT2D eigenvalue weighted by molar-refractivity contribution is 7.86. The number of aliphatic hydroxyl groups is 1. The summed E-state index contributed by atoms with van der Waals surface area (Å²) in [6.07, 6.45) is 12.3. The first kappa shape index (κ1) is 33.7. The molecule has 0 fully saturated rings. The van der Waals surface area contributed by atoms with Crippen molar-refractivity contribution >= 4 is 16.2 Å². The number of ether oxygens (including phenoxy) is 2. The number of aliphatic imine (C=N–C) groups is 1. The van der Waals surface area contributed by atoms with Crippen molar-refractivity contribution in [1.29, 1.82) is 0 Å². The van der Waals surface area contributed by atoms with Gasteiger partial charge in [0.15, 0.2) is 0 Å². The molecule has 0 radical (unpaired) electrons. The van der Waals surface area contributed by atoms with Gasteiger partial charge in [0.05, 0.1) is 23.5 Å². The lowest BCUT2D eigenvalue weighted by atomic mass is 9.59. The SMILES string of the molecule is C=C(C)[C@@H]1CCC(C)=C[C@H]1C1(C)C(O)=CC(CCCCC)=CC1OC(=NC)OCCCOS(=O)(=O)c1ccc(C)cc1. The van der Waals surface area contributed by atoms with Crippen molar-refractivity contribution in [3.63, 3.8) is 0 Å². The molecule has 0 saturated carbocycles. The highest BCUT2D eigenvalue weighted by Gasteiger charge is 2.50. The number of rotatable bonds is 13. The average Bonchev–Trinajstić information content (AvgIpc) is 2.94. The summed E-state index contributed by atoms with van der Waals surface area (Å²) >= 11 is 0. The molecule has 1 aromatic rings. The van der Waals surface area contributed by atoms with Crippen LogP contribution in [0.2, 0.25) is 0 Å². The van der Waals surface area contributed by atoms with Gasteiger partial charge < -0.3 is 14.6 Å². The van der Waals surface area contributed by atoms with E-state index in [9.17, 15) is 13.5 Å². The van der Waals surface area contributed by atoms with E-state index in [-0.39, 0.29) is 36.0 Å². The molecular weight excluding hydrogens is 550 g/mol. The summed E-state index contributed by atoms with van der Waals surface area (Å²) < 4.78 is 42.5. The number of hydrogen-bond acceptors (Lipinski definition) is 7. The molecule has 232 valence electrons. The van der Waals surface area contributed by atoms with Gasteiger partial charge in [-0.25, -0.2) is 4.99 Å². The summed E-state index contributed by atoms with van der Waals surface area (Å²) in [5.41, 5.74) is 3.64. The topological polar surface area (TPSA) is 94.4 Å². The molecule has 0 aromatic heterocycles. The lowest BCUT2D eigenvalue weighted by molar-refractivity contribution is 0.00166. The molecule has 4 atom stereocenters. The van der Waals surface area contributed by atoms with E-state index in [4.69, 9.17) is 13.7 Å². The Morgan fingerprint density at radius 2 is 1.83 bits per heavy atom. The summed E-state index contributed by atoms with van der Waals surface area (Å²) in [5.74, 6) is 0.483. The van der Waals surface area contributed by atoms with E-state index in [0.29, 0.717) is 12.2 Å². The van der Waals surface area contributed by atoms with Crippen molar-refractivity contribution < 1.29 is 27.2 Å². The highest BCUT2D eigenvalue weighted by Crippen LogP contribution is 2.52. The van der Waals surface area contributed by atoms with Gasteiger partial charge in [-0.15, -0.1) is 0 Å². The molecule has 0 aliphatic heterocycles. The molecule has 0 saturated heterocycles. The molecule has 2 aliphatic carbocycles. The van der Waals surface area contributed by atoms with Gasteiger partial charge in [0, 0.05) is 13.5 Å². The summed E-state index contributed by atoms with van der Waals surface area (Å²) in [4.78, 5) is 4.36. The molecule has 2 aliphatic rings. The minimum absolute atomic E-state index is 0.0167. The molecule has 3 rings (SSSR count). The predicted octanol–water partition coefficient (Wildman–Crippen LogP) is 8.00. The van der Waals surface area contributed by atoms with Crippen LogP contribution in [-0.2, 0) is 23.8 Å². The Morgan fingerprint density at radius 1 is 1.12 bits per heavy atom. The Kier molecular flexibility index (Phi) is 12.1.